The molecule has 250 valence electrons. The van der Waals surface area contributed by atoms with Gasteiger partial charge in [-0.1, -0.05) is 40.2 Å². The summed E-state index contributed by atoms with van der Waals surface area (Å²) in [5.41, 5.74) is 3.73. The second-order valence-electron chi connectivity index (χ2n) is 15.4. The van der Waals surface area contributed by atoms with Crippen LogP contribution >= 0.6 is 15.9 Å². The van der Waals surface area contributed by atoms with Crippen molar-refractivity contribution in [1.29, 1.82) is 0 Å². The van der Waals surface area contributed by atoms with Gasteiger partial charge in [-0.25, -0.2) is 9.18 Å². The zero-order chi connectivity index (χ0) is 32.5. The Balaban J connectivity index is 1.12. The first-order valence-electron chi connectivity index (χ1n) is 17.4. The molecule has 1 amide bonds. The summed E-state index contributed by atoms with van der Waals surface area (Å²) in [7, 11) is 0. The third-order valence-electron chi connectivity index (χ3n) is 11.2. The number of alkyl halides is 1. The number of amides is 1. The van der Waals surface area contributed by atoms with Gasteiger partial charge in [0.05, 0.1) is 23.5 Å². The van der Waals surface area contributed by atoms with E-state index in [2.05, 4.69) is 62.1 Å². The number of nitrogens with zero attached hydrogens (tertiary/aromatic N) is 5. The van der Waals surface area contributed by atoms with E-state index in [1.54, 1.807) is 0 Å². The number of ether oxygens (including phenoxy) is 2. The van der Waals surface area contributed by atoms with Gasteiger partial charge in [0.1, 0.15) is 18.4 Å². The van der Waals surface area contributed by atoms with Gasteiger partial charge >= 0.3 is 12.1 Å². The molecule has 2 aromatic carbocycles. The maximum absolute atomic E-state index is 14.6. The van der Waals surface area contributed by atoms with Gasteiger partial charge in [0.25, 0.3) is 0 Å². The molecule has 2 bridgehead atoms. The second kappa shape index (κ2) is 11.9. The molecule has 0 aliphatic carbocycles. The number of rotatable bonds is 5. The Hall–Kier alpha value is -2.98. The number of aromatic nitrogens is 2. The van der Waals surface area contributed by atoms with Crippen molar-refractivity contribution >= 4 is 38.5 Å². The molecule has 3 aromatic rings. The third kappa shape index (κ3) is 5.77. The number of carbonyl (C=O) groups excluding carboxylic acids is 1. The molecule has 4 saturated heterocycles. The molecule has 5 aliphatic heterocycles. The molecule has 6 heterocycles. The standard InChI is InChI=1S/C37H45BrFN5O3/c1-36(2,3)47-35(45)44-26-11-12-27(44)18-24(17-26)33-28-13-16-42(31-10-5-8-23-7-4-9-29(38)32(23)31)21-30(28)40-34(41-33)46-22-37-14-6-15-43(37)20-25(39)19-37/h4-5,7-10,24-27H,6,11-22H2,1-3H3/t24?,25-,26?,27?,37+/m1/s1. The van der Waals surface area contributed by atoms with Gasteiger partial charge in [-0.3, -0.25) is 4.90 Å². The number of benzene rings is 2. The fourth-order valence-corrected chi connectivity index (χ4v) is 9.83. The van der Waals surface area contributed by atoms with Crippen LogP contribution in [0, 0.1) is 0 Å². The molecular formula is C37H45BrFN5O3. The summed E-state index contributed by atoms with van der Waals surface area (Å²) >= 11 is 3.81. The van der Waals surface area contributed by atoms with Crippen LogP contribution in [0.4, 0.5) is 14.9 Å². The molecule has 0 spiro atoms. The van der Waals surface area contributed by atoms with Gasteiger partial charge in [0, 0.05) is 53.1 Å². The highest BCUT2D eigenvalue weighted by Gasteiger charge is 2.50. The average Bonchev–Trinajstić information content (AvgIpc) is 3.65. The first-order valence-corrected chi connectivity index (χ1v) is 18.2. The number of carbonyl (C=O) groups is 1. The Kier molecular flexibility index (Phi) is 7.90. The van der Waals surface area contributed by atoms with Crippen LogP contribution in [-0.4, -0.2) is 81.5 Å². The predicted molar refractivity (Wildman–Crippen MR) is 184 cm³/mol. The molecule has 8 nitrogen and oxygen atoms in total. The fraction of sp³-hybridized carbons (Fsp3) is 0.595. The summed E-state index contributed by atoms with van der Waals surface area (Å²) in [5, 5.41) is 2.41. The lowest BCUT2D eigenvalue weighted by molar-refractivity contribution is 0.00561. The van der Waals surface area contributed by atoms with Crippen LogP contribution in [0.1, 0.15) is 88.6 Å². The molecule has 47 heavy (non-hydrogen) atoms. The predicted octanol–water partition coefficient (Wildman–Crippen LogP) is 7.56. The van der Waals surface area contributed by atoms with E-state index in [4.69, 9.17) is 19.4 Å². The number of fused-ring (bicyclic) bond motifs is 5. The summed E-state index contributed by atoms with van der Waals surface area (Å²) in [6.45, 7) is 9.14. The van der Waals surface area contributed by atoms with Crippen LogP contribution in [-0.2, 0) is 17.7 Å². The van der Waals surface area contributed by atoms with Crippen molar-refractivity contribution in [1.82, 2.24) is 19.8 Å². The zero-order valence-electron chi connectivity index (χ0n) is 27.7. The van der Waals surface area contributed by atoms with E-state index in [9.17, 15) is 9.18 Å². The first kappa shape index (κ1) is 31.3. The van der Waals surface area contributed by atoms with Gasteiger partial charge in [-0.15, -0.1) is 0 Å². The number of halogens is 2. The van der Waals surface area contributed by atoms with Crippen LogP contribution in [0.25, 0.3) is 10.8 Å². The highest BCUT2D eigenvalue weighted by molar-refractivity contribution is 9.10. The van der Waals surface area contributed by atoms with E-state index in [-0.39, 0.29) is 29.6 Å². The van der Waals surface area contributed by atoms with Crippen molar-refractivity contribution in [3.05, 3.63) is 57.8 Å². The minimum atomic E-state index is -0.807. The van der Waals surface area contributed by atoms with Crippen LogP contribution in [0.15, 0.2) is 40.9 Å². The number of hydrogen-bond donors (Lipinski definition) is 0. The smallest absolute Gasteiger partial charge is 0.410 e. The monoisotopic (exact) mass is 705 g/mol. The molecule has 2 unspecified atom stereocenters. The number of piperidine rings is 1. The molecule has 0 radical (unpaired) electrons. The van der Waals surface area contributed by atoms with Crippen molar-refractivity contribution in [2.24, 2.45) is 0 Å². The maximum atomic E-state index is 14.6. The summed E-state index contributed by atoms with van der Waals surface area (Å²) in [6.07, 6.45) is 6.07. The molecule has 0 N–H and O–H groups in total. The van der Waals surface area contributed by atoms with E-state index in [1.807, 2.05) is 25.7 Å². The van der Waals surface area contributed by atoms with E-state index in [0.29, 0.717) is 32.1 Å². The zero-order valence-corrected chi connectivity index (χ0v) is 29.3. The topological polar surface area (TPSA) is 71.0 Å². The van der Waals surface area contributed by atoms with Crippen LogP contribution in [0.2, 0.25) is 0 Å². The van der Waals surface area contributed by atoms with Gasteiger partial charge in [-0.05, 0) is 95.3 Å². The molecule has 1 aromatic heterocycles. The highest BCUT2D eigenvalue weighted by atomic mass is 79.9. The second-order valence-corrected chi connectivity index (χ2v) is 16.3. The Morgan fingerprint density at radius 3 is 2.62 bits per heavy atom. The molecule has 0 saturated carbocycles. The minimum absolute atomic E-state index is 0.141. The SMILES string of the molecule is CC(C)(C)OC(=O)N1C2CCC1CC(c1nc(OC[C@@]34CCCN3C[C@H](F)C4)nc3c1CCN(c1cccc4cccc(Br)c14)C3)C2. The summed E-state index contributed by atoms with van der Waals surface area (Å²) in [4.78, 5) is 30.2. The van der Waals surface area contributed by atoms with Crippen molar-refractivity contribution in [3.63, 3.8) is 0 Å². The normalized spacial score (nSPS) is 28.9. The van der Waals surface area contributed by atoms with E-state index in [0.717, 1.165) is 73.9 Å². The Morgan fingerprint density at radius 1 is 1.09 bits per heavy atom. The summed E-state index contributed by atoms with van der Waals surface area (Å²) in [6, 6.07) is 13.5. The quantitative estimate of drug-likeness (QED) is 0.271. The molecular weight excluding hydrogens is 661 g/mol. The fourth-order valence-electron chi connectivity index (χ4n) is 9.24. The Morgan fingerprint density at radius 2 is 1.85 bits per heavy atom. The van der Waals surface area contributed by atoms with Gasteiger partial charge in [0.15, 0.2) is 0 Å². The summed E-state index contributed by atoms with van der Waals surface area (Å²) < 4.78 is 28.0. The Labute approximate surface area is 285 Å². The highest BCUT2D eigenvalue weighted by Crippen LogP contribution is 2.46. The van der Waals surface area contributed by atoms with Gasteiger partial charge < -0.3 is 19.3 Å². The van der Waals surface area contributed by atoms with E-state index in [1.165, 1.54) is 22.0 Å². The first-order chi connectivity index (χ1) is 22.6. The molecule has 5 aliphatic rings. The number of anilines is 1. The minimum Gasteiger partial charge on any atom is -0.461 e. The molecule has 8 rings (SSSR count). The lowest BCUT2D eigenvalue weighted by atomic mass is 9.84. The van der Waals surface area contributed by atoms with Crippen molar-refractivity contribution in [2.45, 2.75) is 114 Å². The summed E-state index contributed by atoms with van der Waals surface area (Å²) in [5.74, 6) is 0.214. The average molecular weight is 707 g/mol. The van der Waals surface area contributed by atoms with Crippen molar-refractivity contribution < 1.29 is 18.7 Å². The molecule has 10 heteroatoms. The van der Waals surface area contributed by atoms with Gasteiger partial charge in [0.2, 0.25) is 0 Å². The third-order valence-corrected chi connectivity index (χ3v) is 11.9. The maximum Gasteiger partial charge on any atom is 0.410 e. The largest absolute Gasteiger partial charge is 0.461 e. The van der Waals surface area contributed by atoms with Crippen molar-refractivity contribution in [3.8, 4) is 6.01 Å². The molecule has 4 fully saturated rings. The van der Waals surface area contributed by atoms with Crippen LogP contribution < -0.4 is 9.64 Å². The van der Waals surface area contributed by atoms with E-state index < -0.39 is 11.8 Å². The van der Waals surface area contributed by atoms with E-state index >= 15 is 0 Å². The van der Waals surface area contributed by atoms with Crippen molar-refractivity contribution in [2.75, 3.05) is 31.1 Å². The number of hydrogen-bond acceptors (Lipinski definition) is 7. The van der Waals surface area contributed by atoms with Gasteiger partial charge in [-0.2, -0.15) is 9.97 Å². The molecule has 4 atom stereocenters. The van der Waals surface area contributed by atoms with Crippen LogP contribution in [0.3, 0.4) is 0 Å². The van der Waals surface area contributed by atoms with Crippen LogP contribution in [0.5, 0.6) is 6.01 Å². The Bertz CT molecular complexity index is 1680. The lowest BCUT2D eigenvalue weighted by Gasteiger charge is -2.40. The lowest BCUT2D eigenvalue weighted by Crippen LogP contribution is -2.48.